The van der Waals surface area contributed by atoms with Gasteiger partial charge in [-0.2, -0.15) is 5.10 Å². The molecule has 26 heavy (non-hydrogen) atoms. The maximum atomic E-state index is 13.6. The largest absolute Gasteiger partial charge is 0.364 e. The first-order valence-electron chi connectivity index (χ1n) is 8.80. The van der Waals surface area contributed by atoms with Crippen LogP contribution >= 0.6 is 0 Å². The molecule has 4 rings (SSSR count). The molecule has 0 saturated heterocycles. The Bertz CT molecular complexity index is 924. The average molecular weight is 351 g/mol. The molecule has 0 aliphatic carbocycles. The number of halogens is 1. The van der Waals surface area contributed by atoms with E-state index >= 15 is 0 Å². The molecule has 2 aliphatic rings. The van der Waals surface area contributed by atoms with E-state index < -0.39 is 0 Å². The smallest absolute Gasteiger partial charge is 0.152 e. The molecule has 0 saturated carbocycles. The lowest BCUT2D eigenvalue weighted by atomic mass is 10.0. The maximum Gasteiger partial charge on any atom is 0.152 e. The van der Waals surface area contributed by atoms with E-state index in [-0.39, 0.29) is 17.5 Å². The Labute approximate surface area is 152 Å². The summed E-state index contributed by atoms with van der Waals surface area (Å²) in [4.78, 5) is 7.18. The number of rotatable bonds is 4. The highest BCUT2D eigenvalue weighted by Gasteiger charge is 2.44. The SMILES string of the molecule is CC(C)N1C(Cc2ccnn2-c2cccc(F)c2)=NC2=CC=CNC21C. The Hall–Kier alpha value is -2.89. The predicted octanol–water partition coefficient (Wildman–Crippen LogP) is 3.39. The molecule has 0 amide bonds. The molecule has 2 aromatic rings. The van der Waals surface area contributed by atoms with Crippen molar-refractivity contribution < 1.29 is 4.39 Å². The van der Waals surface area contributed by atoms with Gasteiger partial charge in [0.05, 0.1) is 17.1 Å². The molecular weight excluding hydrogens is 329 g/mol. The Balaban J connectivity index is 1.70. The number of benzene rings is 1. The van der Waals surface area contributed by atoms with Crippen LogP contribution in [0.4, 0.5) is 4.39 Å². The maximum absolute atomic E-state index is 13.6. The van der Waals surface area contributed by atoms with Gasteiger partial charge in [-0.25, -0.2) is 14.1 Å². The summed E-state index contributed by atoms with van der Waals surface area (Å²) < 4.78 is 15.4. The van der Waals surface area contributed by atoms with Crippen LogP contribution < -0.4 is 5.32 Å². The third-order valence-corrected chi connectivity index (χ3v) is 4.85. The number of hydrogen-bond acceptors (Lipinski definition) is 4. The summed E-state index contributed by atoms with van der Waals surface area (Å²) in [5, 5.41) is 7.82. The number of fused-ring (bicyclic) bond motifs is 1. The number of hydrogen-bond donors (Lipinski definition) is 1. The number of dihydropyridines is 1. The molecule has 1 atom stereocenters. The van der Waals surface area contributed by atoms with Crippen molar-refractivity contribution in [2.24, 2.45) is 4.99 Å². The number of amidine groups is 1. The van der Waals surface area contributed by atoms with Crippen molar-refractivity contribution in [1.82, 2.24) is 20.0 Å². The number of aliphatic imine (C=N–C) groups is 1. The molecule has 1 N–H and O–H groups in total. The molecule has 0 radical (unpaired) electrons. The molecule has 5 nitrogen and oxygen atoms in total. The van der Waals surface area contributed by atoms with Crippen molar-refractivity contribution in [3.8, 4) is 5.69 Å². The lowest BCUT2D eigenvalue weighted by Gasteiger charge is -2.41. The van der Waals surface area contributed by atoms with Crippen molar-refractivity contribution in [2.75, 3.05) is 0 Å². The monoisotopic (exact) mass is 351 g/mol. The Morgan fingerprint density at radius 3 is 2.88 bits per heavy atom. The van der Waals surface area contributed by atoms with Gasteiger partial charge in [0.2, 0.25) is 0 Å². The minimum absolute atomic E-state index is 0.272. The van der Waals surface area contributed by atoms with Crippen LogP contribution in [0.2, 0.25) is 0 Å². The first-order chi connectivity index (χ1) is 12.5. The standard InChI is InChI=1S/C20H22FN5/c1-14(2)25-19(24-18-8-5-10-22-20(18,25)3)13-17-9-11-23-26(17)16-7-4-6-15(21)12-16/h4-12,14,22H,13H2,1-3H3. The van der Waals surface area contributed by atoms with Gasteiger partial charge in [-0.3, -0.25) is 0 Å². The fourth-order valence-corrected chi connectivity index (χ4v) is 3.78. The predicted molar refractivity (Wildman–Crippen MR) is 100 cm³/mol. The number of allylic oxidation sites excluding steroid dienone is 2. The van der Waals surface area contributed by atoms with Gasteiger partial charge in [-0.15, -0.1) is 0 Å². The molecule has 1 aromatic heterocycles. The molecule has 3 heterocycles. The second-order valence-corrected chi connectivity index (χ2v) is 7.01. The van der Waals surface area contributed by atoms with Crippen LogP contribution in [0.1, 0.15) is 26.5 Å². The Kier molecular flexibility index (Phi) is 3.90. The number of aromatic nitrogens is 2. The van der Waals surface area contributed by atoms with Crippen LogP contribution in [-0.2, 0) is 6.42 Å². The first kappa shape index (κ1) is 16.6. The summed E-state index contributed by atoms with van der Waals surface area (Å²) in [6.45, 7) is 6.46. The Morgan fingerprint density at radius 2 is 2.12 bits per heavy atom. The zero-order chi connectivity index (χ0) is 18.3. The summed E-state index contributed by atoms with van der Waals surface area (Å²) in [6, 6.07) is 8.70. The van der Waals surface area contributed by atoms with E-state index in [1.807, 2.05) is 30.5 Å². The van der Waals surface area contributed by atoms with Gasteiger partial charge >= 0.3 is 0 Å². The zero-order valence-corrected chi connectivity index (χ0v) is 15.1. The summed E-state index contributed by atoms with van der Waals surface area (Å²) >= 11 is 0. The van der Waals surface area contributed by atoms with Gasteiger partial charge in [0.1, 0.15) is 11.7 Å². The summed E-state index contributed by atoms with van der Waals surface area (Å²) in [6.07, 6.45) is 8.32. The topological polar surface area (TPSA) is 45.5 Å². The molecule has 1 unspecified atom stereocenters. The van der Waals surface area contributed by atoms with E-state index in [9.17, 15) is 4.39 Å². The van der Waals surface area contributed by atoms with Crippen molar-refractivity contribution >= 4 is 5.84 Å². The molecule has 134 valence electrons. The molecular formula is C20H22FN5. The van der Waals surface area contributed by atoms with Gasteiger partial charge in [0, 0.05) is 18.7 Å². The van der Waals surface area contributed by atoms with Gasteiger partial charge in [-0.05, 0) is 63.4 Å². The van der Waals surface area contributed by atoms with E-state index in [4.69, 9.17) is 4.99 Å². The van der Waals surface area contributed by atoms with Crippen LogP contribution in [-0.4, -0.2) is 32.2 Å². The fraction of sp³-hybridized carbons (Fsp3) is 0.300. The van der Waals surface area contributed by atoms with Crippen LogP contribution in [0.5, 0.6) is 0 Å². The highest BCUT2D eigenvalue weighted by Crippen LogP contribution is 2.34. The normalized spacial score (nSPS) is 21.5. The molecule has 0 fully saturated rings. The molecule has 0 spiro atoms. The van der Waals surface area contributed by atoms with Gasteiger partial charge in [0.25, 0.3) is 0 Å². The lowest BCUT2D eigenvalue weighted by Crippen LogP contribution is -2.58. The summed E-state index contributed by atoms with van der Waals surface area (Å²) in [7, 11) is 0. The van der Waals surface area contributed by atoms with Crippen LogP contribution in [0.15, 0.2) is 65.6 Å². The summed E-state index contributed by atoms with van der Waals surface area (Å²) in [5.74, 6) is 0.702. The minimum atomic E-state index is -0.345. The average Bonchev–Trinajstić information content (AvgIpc) is 3.16. The Morgan fingerprint density at radius 1 is 1.27 bits per heavy atom. The van der Waals surface area contributed by atoms with Crippen molar-refractivity contribution in [2.45, 2.75) is 38.9 Å². The lowest BCUT2D eigenvalue weighted by molar-refractivity contribution is 0.181. The first-order valence-corrected chi connectivity index (χ1v) is 8.80. The van der Waals surface area contributed by atoms with E-state index in [1.165, 1.54) is 12.1 Å². The van der Waals surface area contributed by atoms with Crippen LogP contribution in [0.3, 0.4) is 0 Å². The number of nitrogens with zero attached hydrogens (tertiary/aromatic N) is 4. The van der Waals surface area contributed by atoms with Crippen molar-refractivity contribution in [3.63, 3.8) is 0 Å². The second kappa shape index (κ2) is 6.12. The molecule has 6 heteroatoms. The van der Waals surface area contributed by atoms with Crippen molar-refractivity contribution in [3.05, 3.63) is 72.1 Å². The van der Waals surface area contributed by atoms with Crippen molar-refractivity contribution in [1.29, 1.82) is 0 Å². The van der Waals surface area contributed by atoms with Gasteiger partial charge < -0.3 is 10.2 Å². The van der Waals surface area contributed by atoms with E-state index in [1.54, 1.807) is 16.9 Å². The van der Waals surface area contributed by atoms with Gasteiger partial charge in [-0.1, -0.05) is 6.07 Å². The quantitative estimate of drug-likeness (QED) is 0.918. The van der Waals surface area contributed by atoms with Gasteiger partial charge in [0.15, 0.2) is 5.66 Å². The number of nitrogens with one attached hydrogen (secondary N) is 1. The third kappa shape index (κ3) is 2.62. The zero-order valence-electron chi connectivity index (χ0n) is 15.1. The highest BCUT2D eigenvalue weighted by atomic mass is 19.1. The molecule has 1 aromatic carbocycles. The molecule has 0 bridgehead atoms. The van der Waals surface area contributed by atoms with E-state index in [2.05, 4.69) is 36.1 Å². The van der Waals surface area contributed by atoms with Crippen LogP contribution in [0.25, 0.3) is 5.69 Å². The highest BCUT2D eigenvalue weighted by molar-refractivity contribution is 5.89. The molecule has 2 aliphatic heterocycles. The van der Waals surface area contributed by atoms with E-state index in [0.717, 1.165) is 17.2 Å². The minimum Gasteiger partial charge on any atom is -0.364 e. The second-order valence-electron chi connectivity index (χ2n) is 7.01. The summed E-state index contributed by atoms with van der Waals surface area (Å²) in [5.41, 5.74) is 2.33. The van der Waals surface area contributed by atoms with Crippen LogP contribution in [0, 0.1) is 5.82 Å². The van der Waals surface area contributed by atoms with E-state index in [0.29, 0.717) is 12.1 Å². The fourth-order valence-electron chi connectivity index (χ4n) is 3.78. The third-order valence-electron chi connectivity index (χ3n) is 4.85.